The molecule has 0 unspecified atom stereocenters. The summed E-state index contributed by atoms with van der Waals surface area (Å²) in [5.41, 5.74) is -0.793. The molecule has 8 heteroatoms. The highest BCUT2D eigenvalue weighted by atomic mass is 19.4. The van der Waals surface area contributed by atoms with Crippen LogP contribution in [0.1, 0.15) is 5.56 Å². The number of rotatable bonds is 2. The van der Waals surface area contributed by atoms with Crippen molar-refractivity contribution in [2.75, 3.05) is 0 Å². The molecular formula is C14H7F4N3O. The van der Waals surface area contributed by atoms with Crippen molar-refractivity contribution in [3.8, 4) is 22.8 Å². The maximum atomic E-state index is 13.0. The second-order valence-electron chi connectivity index (χ2n) is 4.35. The molecule has 3 rings (SSSR count). The van der Waals surface area contributed by atoms with Crippen LogP contribution in [0.25, 0.3) is 22.8 Å². The Balaban J connectivity index is 2.03. The lowest BCUT2D eigenvalue weighted by atomic mass is 10.1. The van der Waals surface area contributed by atoms with Gasteiger partial charge in [-0.25, -0.2) is 4.39 Å². The lowest BCUT2D eigenvalue weighted by Gasteiger charge is -2.08. The average Bonchev–Trinajstić information content (AvgIpc) is 2.97. The maximum absolute atomic E-state index is 13.0. The van der Waals surface area contributed by atoms with E-state index in [2.05, 4.69) is 15.1 Å². The van der Waals surface area contributed by atoms with Crippen molar-refractivity contribution in [1.82, 2.24) is 15.1 Å². The van der Waals surface area contributed by atoms with Crippen molar-refractivity contribution in [3.63, 3.8) is 0 Å². The SMILES string of the molecule is Fc1ccc(-c2nc(-c3cnccc3C(F)(F)F)no2)cc1. The Bertz CT molecular complexity index is 796. The zero-order valence-corrected chi connectivity index (χ0v) is 10.8. The fourth-order valence-corrected chi connectivity index (χ4v) is 1.86. The van der Waals surface area contributed by atoms with E-state index in [-0.39, 0.29) is 17.3 Å². The van der Waals surface area contributed by atoms with Gasteiger partial charge in [0.1, 0.15) is 5.82 Å². The number of hydrogen-bond donors (Lipinski definition) is 0. The molecule has 0 radical (unpaired) electrons. The van der Waals surface area contributed by atoms with Gasteiger partial charge < -0.3 is 4.52 Å². The molecule has 2 aromatic heterocycles. The Kier molecular flexibility index (Phi) is 3.36. The number of aromatic nitrogens is 3. The Morgan fingerprint density at radius 2 is 1.73 bits per heavy atom. The van der Waals surface area contributed by atoms with Crippen LogP contribution in [0.2, 0.25) is 0 Å². The predicted octanol–water partition coefficient (Wildman–Crippen LogP) is 3.96. The van der Waals surface area contributed by atoms with Gasteiger partial charge in [-0.3, -0.25) is 4.98 Å². The van der Waals surface area contributed by atoms with Crippen LogP contribution in [0.4, 0.5) is 17.6 Å². The van der Waals surface area contributed by atoms with Crippen LogP contribution in [0, 0.1) is 5.82 Å². The number of pyridine rings is 1. The summed E-state index contributed by atoms with van der Waals surface area (Å²) in [4.78, 5) is 7.57. The number of benzene rings is 1. The minimum absolute atomic E-state index is 0.00743. The van der Waals surface area contributed by atoms with Crippen molar-refractivity contribution in [2.45, 2.75) is 6.18 Å². The second kappa shape index (κ2) is 5.21. The maximum Gasteiger partial charge on any atom is 0.417 e. The van der Waals surface area contributed by atoms with Crippen LogP contribution in [0.15, 0.2) is 47.2 Å². The molecule has 4 nitrogen and oxygen atoms in total. The van der Waals surface area contributed by atoms with Gasteiger partial charge in [0.15, 0.2) is 0 Å². The van der Waals surface area contributed by atoms with Gasteiger partial charge in [-0.05, 0) is 30.3 Å². The van der Waals surface area contributed by atoms with Crippen molar-refractivity contribution >= 4 is 0 Å². The van der Waals surface area contributed by atoms with Crippen LogP contribution in [-0.2, 0) is 6.18 Å². The summed E-state index contributed by atoms with van der Waals surface area (Å²) in [7, 11) is 0. The lowest BCUT2D eigenvalue weighted by molar-refractivity contribution is -0.137. The quantitative estimate of drug-likeness (QED) is 0.672. The Morgan fingerprint density at radius 3 is 2.41 bits per heavy atom. The van der Waals surface area contributed by atoms with Gasteiger partial charge in [-0.15, -0.1) is 0 Å². The highest BCUT2D eigenvalue weighted by molar-refractivity contribution is 5.62. The fraction of sp³-hybridized carbons (Fsp3) is 0.0714. The Hall–Kier alpha value is -2.77. The third-order valence-corrected chi connectivity index (χ3v) is 2.88. The molecule has 0 N–H and O–H groups in total. The molecule has 0 atom stereocenters. The van der Waals surface area contributed by atoms with Crippen LogP contribution in [-0.4, -0.2) is 15.1 Å². The summed E-state index contributed by atoms with van der Waals surface area (Å²) >= 11 is 0. The Labute approximate surface area is 121 Å². The van der Waals surface area contributed by atoms with Gasteiger partial charge in [0.25, 0.3) is 5.89 Å². The van der Waals surface area contributed by atoms with Gasteiger partial charge >= 0.3 is 6.18 Å². The predicted molar refractivity (Wildman–Crippen MR) is 67.9 cm³/mol. The minimum atomic E-state index is -4.56. The molecule has 0 aliphatic carbocycles. The van der Waals surface area contributed by atoms with Crippen LogP contribution >= 0.6 is 0 Å². The standard InChI is InChI=1S/C14H7F4N3O/c15-9-3-1-8(2-4-9)13-20-12(21-22-13)10-7-19-6-5-11(10)14(16,17)18/h1-7H. The van der Waals surface area contributed by atoms with Gasteiger partial charge in [0.05, 0.1) is 11.1 Å². The Morgan fingerprint density at radius 1 is 1.00 bits per heavy atom. The molecule has 112 valence electrons. The second-order valence-corrected chi connectivity index (χ2v) is 4.35. The zero-order valence-electron chi connectivity index (χ0n) is 10.8. The molecule has 0 aliphatic heterocycles. The van der Waals surface area contributed by atoms with E-state index in [9.17, 15) is 17.6 Å². The average molecular weight is 309 g/mol. The van der Waals surface area contributed by atoms with Crippen molar-refractivity contribution in [1.29, 1.82) is 0 Å². The highest BCUT2D eigenvalue weighted by Gasteiger charge is 2.35. The van der Waals surface area contributed by atoms with E-state index >= 15 is 0 Å². The number of hydrogen-bond acceptors (Lipinski definition) is 4. The summed E-state index contributed by atoms with van der Waals surface area (Å²) in [5, 5.41) is 3.54. The first-order chi connectivity index (χ1) is 10.4. The smallest absolute Gasteiger partial charge is 0.334 e. The monoisotopic (exact) mass is 309 g/mol. The van der Waals surface area contributed by atoms with E-state index in [0.717, 1.165) is 18.5 Å². The summed E-state index contributed by atoms with van der Waals surface area (Å²) in [5.74, 6) is -0.693. The lowest BCUT2D eigenvalue weighted by Crippen LogP contribution is -2.07. The summed E-state index contributed by atoms with van der Waals surface area (Å²) < 4.78 is 56.6. The number of nitrogens with zero attached hydrogens (tertiary/aromatic N) is 3. The molecule has 0 saturated carbocycles. The van der Waals surface area contributed by atoms with E-state index in [4.69, 9.17) is 4.52 Å². The molecule has 3 aromatic rings. The van der Waals surface area contributed by atoms with Gasteiger partial charge in [-0.1, -0.05) is 5.16 Å². The summed E-state index contributed by atoms with van der Waals surface area (Å²) in [6.07, 6.45) is -2.51. The van der Waals surface area contributed by atoms with Crippen LogP contribution in [0.5, 0.6) is 0 Å². The van der Waals surface area contributed by atoms with Crippen molar-refractivity contribution < 1.29 is 22.1 Å². The zero-order chi connectivity index (χ0) is 15.7. The highest BCUT2D eigenvalue weighted by Crippen LogP contribution is 2.35. The summed E-state index contributed by atoms with van der Waals surface area (Å²) in [6, 6.07) is 5.99. The number of alkyl halides is 3. The third-order valence-electron chi connectivity index (χ3n) is 2.88. The largest absolute Gasteiger partial charge is 0.417 e. The van der Waals surface area contributed by atoms with Crippen LogP contribution in [0.3, 0.4) is 0 Å². The first-order valence-corrected chi connectivity index (χ1v) is 6.06. The normalized spacial score (nSPS) is 11.6. The molecule has 0 spiro atoms. The van der Waals surface area contributed by atoms with E-state index in [0.29, 0.717) is 5.56 Å². The van der Waals surface area contributed by atoms with Gasteiger partial charge in [0, 0.05) is 18.0 Å². The molecular weight excluding hydrogens is 302 g/mol. The molecule has 0 saturated heterocycles. The molecule has 0 amide bonds. The summed E-state index contributed by atoms with van der Waals surface area (Å²) in [6.45, 7) is 0. The molecule has 0 bridgehead atoms. The molecule has 1 aromatic carbocycles. The van der Waals surface area contributed by atoms with E-state index < -0.39 is 17.6 Å². The van der Waals surface area contributed by atoms with Gasteiger partial charge in [0.2, 0.25) is 5.82 Å². The molecule has 2 heterocycles. The third kappa shape index (κ3) is 2.67. The van der Waals surface area contributed by atoms with E-state index in [1.54, 1.807) is 0 Å². The minimum Gasteiger partial charge on any atom is -0.334 e. The van der Waals surface area contributed by atoms with Crippen LogP contribution < -0.4 is 0 Å². The first kappa shape index (κ1) is 14.2. The molecule has 0 aliphatic rings. The van der Waals surface area contributed by atoms with E-state index in [1.165, 1.54) is 24.3 Å². The topological polar surface area (TPSA) is 51.8 Å². The van der Waals surface area contributed by atoms with Crippen molar-refractivity contribution in [2.24, 2.45) is 0 Å². The fourth-order valence-electron chi connectivity index (χ4n) is 1.86. The molecule has 0 fully saturated rings. The first-order valence-electron chi connectivity index (χ1n) is 6.06. The molecule has 22 heavy (non-hydrogen) atoms. The van der Waals surface area contributed by atoms with Crippen molar-refractivity contribution in [3.05, 3.63) is 54.1 Å². The van der Waals surface area contributed by atoms with E-state index in [1.807, 2.05) is 0 Å². The number of halogens is 4. The van der Waals surface area contributed by atoms with Gasteiger partial charge in [-0.2, -0.15) is 18.2 Å².